The third kappa shape index (κ3) is 7.41. The summed E-state index contributed by atoms with van der Waals surface area (Å²) in [7, 11) is -1.80. The lowest BCUT2D eigenvalue weighted by molar-refractivity contribution is 0.381. The van der Waals surface area contributed by atoms with Gasteiger partial charge in [-0.25, -0.2) is 0 Å². The summed E-state index contributed by atoms with van der Waals surface area (Å²) < 4.78 is 20.1. The van der Waals surface area contributed by atoms with Crippen LogP contribution in [0.5, 0.6) is 17.2 Å². The Morgan fingerprint density at radius 2 is 0.550 bits per heavy atom. The van der Waals surface area contributed by atoms with Crippen molar-refractivity contribution in [3.05, 3.63) is 86.5 Å². The number of rotatable bonds is 6. The third-order valence-electron chi connectivity index (χ3n) is 7.48. The Hall–Kier alpha value is -2.51. The SMILES string of the molecule is Cc1cc(C(C)(C)C)cc(C)c1OP(Oc1c(C)cc(C(C)(C)C)cc1C)Oc1c(C)cc(C(C)(C)C)cc1C. The highest BCUT2D eigenvalue weighted by Gasteiger charge is 2.28. The van der Waals surface area contributed by atoms with E-state index in [2.05, 4.69) is 140 Å². The van der Waals surface area contributed by atoms with E-state index in [4.69, 9.17) is 13.6 Å². The number of benzene rings is 3. The lowest BCUT2D eigenvalue weighted by Crippen LogP contribution is -2.14. The van der Waals surface area contributed by atoms with Gasteiger partial charge in [0.05, 0.1) is 0 Å². The third-order valence-corrected chi connectivity index (χ3v) is 8.47. The maximum absolute atomic E-state index is 6.69. The molecule has 0 unspecified atom stereocenters. The minimum Gasteiger partial charge on any atom is -0.408 e. The van der Waals surface area contributed by atoms with Gasteiger partial charge < -0.3 is 13.6 Å². The monoisotopic (exact) mass is 562 g/mol. The van der Waals surface area contributed by atoms with Gasteiger partial charge in [0.1, 0.15) is 17.2 Å². The predicted octanol–water partition coefficient (Wildman–Crippen LogP) is 11.2. The summed E-state index contributed by atoms with van der Waals surface area (Å²) in [6, 6.07) is 13.3. The van der Waals surface area contributed by atoms with Crippen molar-refractivity contribution in [1.29, 1.82) is 0 Å². The van der Waals surface area contributed by atoms with Crippen molar-refractivity contribution in [3.8, 4) is 17.2 Å². The Morgan fingerprint density at radius 1 is 0.375 bits per heavy atom. The van der Waals surface area contributed by atoms with E-state index in [0.717, 1.165) is 50.6 Å². The van der Waals surface area contributed by atoms with Gasteiger partial charge in [-0.3, -0.25) is 0 Å². The summed E-state index contributed by atoms with van der Waals surface area (Å²) >= 11 is 0. The van der Waals surface area contributed by atoms with Gasteiger partial charge in [0.2, 0.25) is 0 Å². The number of aryl methyl sites for hydroxylation is 6. The Balaban J connectivity index is 2.09. The second kappa shape index (κ2) is 11.4. The zero-order chi connectivity index (χ0) is 30.4. The fraction of sp³-hybridized carbons (Fsp3) is 0.500. The van der Waals surface area contributed by atoms with E-state index in [0.29, 0.717) is 0 Å². The standard InChI is InChI=1S/C36H51O3P/c1-22-16-28(34(7,8)9)17-23(2)31(22)37-40(38-32-24(3)18-29(19-25(32)4)35(10,11)12)39-33-26(5)20-30(21-27(33)6)36(13,14)15/h16-21H,1-15H3. The summed E-state index contributed by atoms with van der Waals surface area (Å²) in [5, 5.41) is 0. The van der Waals surface area contributed by atoms with Crippen LogP contribution in [0.25, 0.3) is 0 Å². The highest BCUT2D eigenvalue weighted by Crippen LogP contribution is 2.48. The molecule has 0 bridgehead atoms. The minimum atomic E-state index is -1.80. The van der Waals surface area contributed by atoms with Gasteiger partial charge in [0.25, 0.3) is 0 Å². The molecule has 0 atom stereocenters. The topological polar surface area (TPSA) is 27.7 Å². The molecule has 0 fully saturated rings. The first-order valence-electron chi connectivity index (χ1n) is 14.4. The van der Waals surface area contributed by atoms with Crippen molar-refractivity contribution in [1.82, 2.24) is 0 Å². The molecule has 0 aliphatic carbocycles. The molecule has 0 N–H and O–H groups in total. The molecule has 4 heteroatoms. The molecule has 0 radical (unpaired) electrons. The summed E-state index contributed by atoms with van der Waals surface area (Å²) in [6.07, 6.45) is 0. The average molecular weight is 563 g/mol. The summed E-state index contributed by atoms with van der Waals surface area (Å²) in [5.74, 6) is 2.46. The maximum Gasteiger partial charge on any atom is 0.530 e. The first-order valence-corrected chi connectivity index (χ1v) is 15.5. The van der Waals surface area contributed by atoms with E-state index < -0.39 is 8.60 Å². The quantitative estimate of drug-likeness (QED) is 0.280. The maximum atomic E-state index is 6.69. The normalized spacial score (nSPS) is 12.6. The van der Waals surface area contributed by atoms with Crippen molar-refractivity contribution in [2.24, 2.45) is 0 Å². The molecule has 0 amide bonds. The average Bonchev–Trinajstić information content (AvgIpc) is 2.78. The molecular formula is C36H51O3P. The largest absolute Gasteiger partial charge is 0.530 e. The Labute approximate surface area is 245 Å². The Kier molecular flexibility index (Phi) is 9.12. The van der Waals surface area contributed by atoms with E-state index in [1.165, 1.54) is 16.7 Å². The van der Waals surface area contributed by atoms with Crippen molar-refractivity contribution in [2.75, 3.05) is 0 Å². The van der Waals surface area contributed by atoms with Crippen LogP contribution in [0, 0.1) is 41.5 Å². The highest BCUT2D eigenvalue weighted by molar-refractivity contribution is 7.43. The fourth-order valence-electron chi connectivity index (χ4n) is 4.86. The lowest BCUT2D eigenvalue weighted by atomic mass is 9.85. The molecule has 3 rings (SSSR count). The molecule has 0 aliphatic rings. The molecule has 0 heterocycles. The van der Waals surface area contributed by atoms with Gasteiger partial charge in [0, 0.05) is 0 Å². The van der Waals surface area contributed by atoms with Gasteiger partial charge in [0.15, 0.2) is 0 Å². The van der Waals surface area contributed by atoms with Gasteiger partial charge in [-0.05, 0) is 108 Å². The summed E-state index contributed by atoms with van der Waals surface area (Å²) in [6.45, 7) is 32.8. The van der Waals surface area contributed by atoms with Crippen LogP contribution in [0.1, 0.15) is 112 Å². The predicted molar refractivity (Wildman–Crippen MR) is 173 cm³/mol. The van der Waals surface area contributed by atoms with E-state index in [-0.39, 0.29) is 16.2 Å². The van der Waals surface area contributed by atoms with Gasteiger partial charge in [-0.15, -0.1) is 0 Å². The van der Waals surface area contributed by atoms with Crippen LogP contribution in [0.3, 0.4) is 0 Å². The molecule has 3 aromatic rings. The van der Waals surface area contributed by atoms with Crippen molar-refractivity contribution in [3.63, 3.8) is 0 Å². The lowest BCUT2D eigenvalue weighted by Gasteiger charge is -2.27. The summed E-state index contributed by atoms with van der Waals surface area (Å²) in [4.78, 5) is 0. The van der Waals surface area contributed by atoms with Gasteiger partial charge >= 0.3 is 8.60 Å². The molecule has 0 saturated carbocycles. The Bertz CT molecular complexity index is 1140. The molecule has 0 spiro atoms. The van der Waals surface area contributed by atoms with Crippen LogP contribution in [0.4, 0.5) is 0 Å². The summed E-state index contributed by atoms with van der Waals surface area (Å²) in [5.41, 5.74) is 10.5. The minimum absolute atomic E-state index is 0.0534. The van der Waals surface area contributed by atoms with E-state index in [1.807, 2.05) is 0 Å². The van der Waals surface area contributed by atoms with Crippen LogP contribution in [0.15, 0.2) is 36.4 Å². The molecule has 218 valence electrons. The van der Waals surface area contributed by atoms with Crippen LogP contribution in [-0.2, 0) is 16.2 Å². The Morgan fingerprint density at radius 3 is 0.700 bits per heavy atom. The first kappa shape index (κ1) is 32.0. The zero-order valence-electron chi connectivity index (χ0n) is 27.6. The molecule has 3 nitrogen and oxygen atoms in total. The van der Waals surface area contributed by atoms with Crippen LogP contribution in [-0.4, -0.2) is 0 Å². The molecular weight excluding hydrogens is 511 g/mol. The smallest absolute Gasteiger partial charge is 0.408 e. The number of hydrogen-bond acceptors (Lipinski definition) is 3. The van der Waals surface area contributed by atoms with E-state index in [1.54, 1.807) is 0 Å². The van der Waals surface area contributed by atoms with Crippen molar-refractivity contribution >= 4 is 8.60 Å². The second-order valence-electron chi connectivity index (χ2n) is 14.6. The van der Waals surface area contributed by atoms with E-state index in [9.17, 15) is 0 Å². The highest BCUT2D eigenvalue weighted by atomic mass is 31.2. The molecule has 0 aromatic heterocycles. The molecule has 0 aliphatic heterocycles. The molecule has 3 aromatic carbocycles. The van der Waals surface area contributed by atoms with E-state index >= 15 is 0 Å². The zero-order valence-corrected chi connectivity index (χ0v) is 28.5. The van der Waals surface area contributed by atoms with Gasteiger partial charge in [-0.1, -0.05) is 98.7 Å². The van der Waals surface area contributed by atoms with Crippen molar-refractivity contribution in [2.45, 2.75) is 120 Å². The molecule has 40 heavy (non-hydrogen) atoms. The van der Waals surface area contributed by atoms with Crippen LogP contribution >= 0.6 is 8.60 Å². The fourth-order valence-corrected chi connectivity index (χ4v) is 6.28. The second-order valence-corrected chi connectivity index (χ2v) is 15.6. The van der Waals surface area contributed by atoms with Crippen LogP contribution in [0.2, 0.25) is 0 Å². The van der Waals surface area contributed by atoms with Crippen molar-refractivity contribution < 1.29 is 13.6 Å². The number of hydrogen-bond donors (Lipinski definition) is 0. The van der Waals surface area contributed by atoms with Gasteiger partial charge in [-0.2, -0.15) is 0 Å². The first-order chi connectivity index (χ1) is 18.2. The molecule has 0 saturated heterocycles. The van der Waals surface area contributed by atoms with Crippen LogP contribution < -0.4 is 13.6 Å².